The molecule has 1 amide bonds. The number of nitrogens with zero attached hydrogens (tertiary/aromatic N) is 4. The molecule has 0 saturated carbocycles. The van der Waals surface area contributed by atoms with Crippen molar-refractivity contribution in [2.24, 2.45) is 7.05 Å². The number of fused-ring (bicyclic) bond motifs is 1. The monoisotopic (exact) mass is 604 g/mol. The number of carboxylic acids is 1. The molecule has 2 aliphatic rings. The van der Waals surface area contributed by atoms with E-state index in [4.69, 9.17) is 14.5 Å². The standard InChI is InChI=1S/C33H44N6O5/c1-38-24-26(23-35-38)33(16-8-21-44-33)32(42)37-29(31(40)41)15-19-39(20-22-43-28-11-3-2-4-12-28)18-6-5-10-27-14-13-25-9-7-17-34-30(25)36-27/h2-4,11-14,23-24,29H,5-10,15-22H2,1H3,(H,34,36)(H,37,42)(H,40,41). The van der Waals surface area contributed by atoms with Gasteiger partial charge in [0.1, 0.15) is 24.2 Å². The highest BCUT2D eigenvalue weighted by Gasteiger charge is 2.46. The normalized spacial score (nSPS) is 18.4. The molecule has 4 heterocycles. The van der Waals surface area contributed by atoms with E-state index in [0.29, 0.717) is 44.7 Å². The fourth-order valence-corrected chi connectivity index (χ4v) is 5.95. The van der Waals surface area contributed by atoms with E-state index in [1.807, 2.05) is 30.3 Å². The Morgan fingerprint density at radius 3 is 2.77 bits per heavy atom. The molecule has 5 rings (SSSR count). The summed E-state index contributed by atoms with van der Waals surface area (Å²) in [6, 6.07) is 12.9. The second-order valence-corrected chi connectivity index (χ2v) is 11.6. The quantitative estimate of drug-likeness (QED) is 0.210. The SMILES string of the molecule is Cn1cc(C2(C(=O)NC(CCN(CCCCc3ccc4c(n3)NCCC4)CCOc3ccccc3)C(=O)O)CCCO2)cn1. The van der Waals surface area contributed by atoms with E-state index in [9.17, 15) is 14.7 Å². The first kappa shape index (κ1) is 31.5. The number of para-hydroxylation sites is 1. The number of benzene rings is 1. The van der Waals surface area contributed by atoms with Crippen LogP contribution in [0, 0.1) is 0 Å². The van der Waals surface area contributed by atoms with Crippen molar-refractivity contribution in [1.82, 2.24) is 25.0 Å². The summed E-state index contributed by atoms with van der Waals surface area (Å²) < 4.78 is 13.5. The molecule has 0 bridgehead atoms. The lowest BCUT2D eigenvalue weighted by Gasteiger charge is -2.29. The van der Waals surface area contributed by atoms with Gasteiger partial charge in [0.15, 0.2) is 5.60 Å². The van der Waals surface area contributed by atoms with Crippen LogP contribution in [0.25, 0.3) is 0 Å². The highest BCUT2D eigenvalue weighted by molar-refractivity contribution is 5.90. The maximum atomic E-state index is 13.5. The van der Waals surface area contributed by atoms with Crippen molar-refractivity contribution in [3.8, 4) is 5.75 Å². The molecule has 0 spiro atoms. The molecular formula is C33H44N6O5. The molecule has 11 heteroatoms. The lowest BCUT2D eigenvalue weighted by atomic mass is 9.92. The molecule has 3 aromatic rings. The minimum absolute atomic E-state index is 0.258. The predicted octanol–water partition coefficient (Wildman–Crippen LogP) is 3.54. The van der Waals surface area contributed by atoms with Crippen LogP contribution in [0.15, 0.2) is 54.9 Å². The van der Waals surface area contributed by atoms with Gasteiger partial charge in [-0.1, -0.05) is 24.3 Å². The van der Waals surface area contributed by atoms with Gasteiger partial charge in [0.2, 0.25) is 0 Å². The molecule has 44 heavy (non-hydrogen) atoms. The number of hydrogen-bond acceptors (Lipinski definition) is 8. The number of amides is 1. The molecule has 1 fully saturated rings. The number of carbonyl (C=O) groups is 2. The minimum Gasteiger partial charge on any atom is -0.492 e. The number of carboxylic acid groups (broad SMARTS) is 1. The number of aryl methyl sites for hydroxylation is 3. The van der Waals surface area contributed by atoms with Gasteiger partial charge in [-0.2, -0.15) is 5.10 Å². The van der Waals surface area contributed by atoms with Gasteiger partial charge in [-0.15, -0.1) is 0 Å². The van der Waals surface area contributed by atoms with Gasteiger partial charge in [-0.25, -0.2) is 9.78 Å². The van der Waals surface area contributed by atoms with Gasteiger partial charge < -0.3 is 25.2 Å². The zero-order valence-electron chi connectivity index (χ0n) is 25.5. The van der Waals surface area contributed by atoms with Crippen molar-refractivity contribution in [1.29, 1.82) is 0 Å². The summed E-state index contributed by atoms with van der Waals surface area (Å²) >= 11 is 0. The fourth-order valence-electron chi connectivity index (χ4n) is 5.95. The number of pyridine rings is 1. The van der Waals surface area contributed by atoms with Crippen molar-refractivity contribution in [2.45, 2.75) is 63.0 Å². The predicted molar refractivity (Wildman–Crippen MR) is 167 cm³/mol. The summed E-state index contributed by atoms with van der Waals surface area (Å²) in [6.07, 6.45) is 9.82. The summed E-state index contributed by atoms with van der Waals surface area (Å²) in [5, 5.41) is 20.5. The summed E-state index contributed by atoms with van der Waals surface area (Å²) in [6.45, 7) is 3.80. The van der Waals surface area contributed by atoms with Crippen LogP contribution >= 0.6 is 0 Å². The fraction of sp³-hybridized carbons (Fsp3) is 0.515. The number of rotatable bonds is 16. The molecule has 2 aromatic heterocycles. The van der Waals surface area contributed by atoms with E-state index < -0.39 is 23.5 Å². The van der Waals surface area contributed by atoms with Crippen molar-refractivity contribution in [3.05, 3.63) is 71.7 Å². The highest BCUT2D eigenvalue weighted by Crippen LogP contribution is 2.36. The molecule has 11 nitrogen and oxygen atoms in total. The van der Waals surface area contributed by atoms with Crippen LogP contribution in [0.1, 0.15) is 55.3 Å². The van der Waals surface area contributed by atoms with Crippen molar-refractivity contribution in [2.75, 3.05) is 44.7 Å². The van der Waals surface area contributed by atoms with Gasteiger partial charge >= 0.3 is 5.97 Å². The Morgan fingerprint density at radius 1 is 1.16 bits per heavy atom. The average molecular weight is 605 g/mol. The third kappa shape index (κ3) is 8.15. The Hall–Kier alpha value is -3.96. The molecule has 3 N–H and O–H groups in total. The Kier molecular flexibility index (Phi) is 10.8. The molecule has 2 aliphatic heterocycles. The molecule has 1 aromatic carbocycles. The van der Waals surface area contributed by atoms with E-state index >= 15 is 0 Å². The first-order valence-corrected chi connectivity index (χ1v) is 15.7. The molecule has 0 radical (unpaired) electrons. The van der Waals surface area contributed by atoms with Crippen LogP contribution in [0.5, 0.6) is 5.75 Å². The zero-order valence-corrected chi connectivity index (χ0v) is 25.5. The number of aromatic nitrogens is 3. The van der Waals surface area contributed by atoms with Crippen molar-refractivity contribution < 1.29 is 24.2 Å². The summed E-state index contributed by atoms with van der Waals surface area (Å²) in [4.78, 5) is 32.9. The zero-order chi connectivity index (χ0) is 30.8. The van der Waals surface area contributed by atoms with Crippen molar-refractivity contribution in [3.63, 3.8) is 0 Å². The molecule has 2 unspecified atom stereocenters. The van der Waals surface area contributed by atoms with E-state index in [2.05, 4.69) is 32.8 Å². The molecule has 0 aliphatic carbocycles. The number of unbranched alkanes of at least 4 members (excludes halogenated alkanes) is 1. The largest absolute Gasteiger partial charge is 0.492 e. The smallest absolute Gasteiger partial charge is 0.326 e. The number of aliphatic carboxylic acids is 1. The summed E-state index contributed by atoms with van der Waals surface area (Å²) in [5.41, 5.74) is 1.80. The van der Waals surface area contributed by atoms with Crippen LogP contribution < -0.4 is 15.4 Å². The van der Waals surface area contributed by atoms with Crippen LogP contribution in [0.3, 0.4) is 0 Å². The average Bonchev–Trinajstić information content (AvgIpc) is 3.71. The van der Waals surface area contributed by atoms with E-state index in [-0.39, 0.29) is 6.42 Å². The molecule has 236 valence electrons. The summed E-state index contributed by atoms with van der Waals surface area (Å²) in [7, 11) is 1.78. The number of carbonyl (C=O) groups excluding carboxylic acids is 1. The Morgan fingerprint density at radius 2 is 2.02 bits per heavy atom. The highest BCUT2D eigenvalue weighted by atomic mass is 16.5. The molecule has 2 atom stereocenters. The Bertz CT molecular complexity index is 1370. The number of hydrogen-bond donors (Lipinski definition) is 3. The number of nitrogens with one attached hydrogen (secondary N) is 2. The van der Waals surface area contributed by atoms with Crippen LogP contribution in [0.4, 0.5) is 5.82 Å². The lowest BCUT2D eigenvalue weighted by molar-refractivity contribution is -0.149. The minimum atomic E-state index is -1.22. The van der Waals surface area contributed by atoms with Gasteiger partial charge in [-0.3, -0.25) is 14.4 Å². The maximum Gasteiger partial charge on any atom is 0.326 e. The Balaban J connectivity index is 1.17. The third-order valence-electron chi connectivity index (χ3n) is 8.43. The summed E-state index contributed by atoms with van der Waals surface area (Å²) in [5.74, 6) is 0.322. The first-order chi connectivity index (χ1) is 21.4. The topological polar surface area (TPSA) is 131 Å². The van der Waals surface area contributed by atoms with Gasteiger partial charge in [0.25, 0.3) is 5.91 Å². The van der Waals surface area contributed by atoms with Crippen LogP contribution in [-0.2, 0) is 39.8 Å². The second-order valence-electron chi connectivity index (χ2n) is 11.6. The molecule has 1 saturated heterocycles. The third-order valence-corrected chi connectivity index (χ3v) is 8.43. The number of anilines is 1. The van der Waals surface area contributed by atoms with E-state index in [1.165, 1.54) is 5.56 Å². The van der Waals surface area contributed by atoms with Crippen molar-refractivity contribution >= 4 is 17.7 Å². The lowest BCUT2D eigenvalue weighted by Crippen LogP contribution is -2.51. The van der Waals surface area contributed by atoms with E-state index in [1.54, 1.807) is 24.1 Å². The Labute approximate surface area is 258 Å². The van der Waals surface area contributed by atoms with Crippen LogP contribution in [-0.4, -0.2) is 82.1 Å². The first-order valence-electron chi connectivity index (χ1n) is 15.7. The van der Waals surface area contributed by atoms with E-state index in [0.717, 1.165) is 62.5 Å². The second kappa shape index (κ2) is 15.2. The van der Waals surface area contributed by atoms with Gasteiger partial charge in [0, 0.05) is 50.7 Å². The molecular weight excluding hydrogens is 560 g/mol. The van der Waals surface area contributed by atoms with Crippen LogP contribution in [0.2, 0.25) is 0 Å². The maximum absolute atomic E-state index is 13.5. The number of ether oxygens (including phenoxy) is 2. The van der Waals surface area contributed by atoms with Gasteiger partial charge in [-0.05, 0) is 81.7 Å². The van der Waals surface area contributed by atoms with Gasteiger partial charge in [0.05, 0.1) is 6.20 Å².